The van der Waals surface area contributed by atoms with Crippen molar-refractivity contribution in [2.45, 2.75) is 70.3 Å². The molecule has 5 aliphatic rings. The van der Waals surface area contributed by atoms with E-state index in [0.29, 0.717) is 5.41 Å². The Morgan fingerprint density at radius 2 is 1.47 bits per heavy atom. The zero-order valence-electron chi connectivity index (χ0n) is 12.2. The highest BCUT2D eigenvalue weighted by Crippen LogP contribution is 2.60. The molecule has 19 heavy (non-hydrogen) atoms. The molecule has 1 nitrogen and oxygen atoms in total. The van der Waals surface area contributed by atoms with Crippen molar-refractivity contribution >= 4 is 0 Å². The molecule has 0 aromatic rings. The van der Waals surface area contributed by atoms with E-state index in [1.807, 2.05) is 0 Å². The minimum absolute atomic E-state index is 0.631. The van der Waals surface area contributed by atoms with Gasteiger partial charge in [-0.05, 0) is 74.5 Å². The molecule has 5 saturated carbocycles. The standard InChI is InChI=1S/C18H29N/c1-2-5-17(4-1)19-7-3-6-18-11-14-8-15(12-18)10-16(9-14)13-18/h3,6,14-17,19H,1-2,4-5,7-13H2/b6-3+. The largest absolute Gasteiger partial charge is 0.311 e. The normalized spacial score (nSPS) is 45.6. The van der Waals surface area contributed by atoms with E-state index >= 15 is 0 Å². The van der Waals surface area contributed by atoms with Crippen LogP contribution in [0.2, 0.25) is 0 Å². The molecule has 0 aliphatic heterocycles. The maximum atomic E-state index is 3.73. The molecule has 0 spiro atoms. The smallest absolute Gasteiger partial charge is 0.0137 e. The molecule has 0 saturated heterocycles. The molecule has 0 aromatic carbocycles. The highest BCUT2D eigenvalue weighted by Gasteiger charge is 2.49. The Bertz CT molecular complexity index is 315. The number of hydrogen-bond donors (Lipinski definition) is 1. The van der Waals surface area contributed by atoms with Gasteiger partial charge < -0.3 is 5.32 Å². The lowest BCUT2D eigenvalue weighted by atomic mass is 9.49. The summed E-state index contributed by atoms with van der Waals surface area (Å²) >= 11 is 0. The van der Waals surface area contributed by atoms with E-state index in [0.717, 1.165) is 30.3 Å². The van der Waals surface area contributed by atoms with Gasteiger partial charge in [0, 0.05) is 12.6 Å². The van der Waals surface area contributed by atoms with Crippen molar-refractivity contribution in [1.29, 1.82) is 0 Å². The Kier molecular flexibility index (Phi) is 3.22. The molecule has 0 atom stereocenters. The fraction of sp³-hybridized carbons (Fsp3) is 0.889. The van der Waals surface area contributed by atoms with Crippen LogP contribution < -0.4 is 5.32 Å². The van der Waals surface area contributed by atoms with Gasteiger partial charge in [-0.1, -0.05) is 25.0 Å². The summed E-state index contributed by atoms with van der Waals surface area (Å²) in [6.07, 6.45) is 20.0. The van der Waals surface area contributed by atoms with Crippen molar-refractivity contribution in [3.63, 3.8) is 0 Å². The molecule has 0 unspecified atom stereocenters. The van der Waals surface area contributed by atoms with Gasteiger partial charge in [0.15, 0.2) is 0 Å². The second-order valence-electron chi connectivity index (χ2n) is 8.07. The van der Waals surface area contributed by atoms with E-state index in [-0.39, 0.29) is 0 Å². The highest BCUT2D eigenvalue weighted by molar-refractivity contribution is 5.11. The van der Waals surface area contributed by atoms with Gasteiger partial charge in [-0.15, -0.1) is 0 Å². The Labute approximate surface area is 118 Å². The zero-order chi connectivity index (χ0) is 12.7. The van der Waals surface area contributed by atoms with Crippen molar-refractivity contribution in [3.05, 3.63) is 12.2 Å². The lowest BCUT2D eigenvalue weighted by Crippen LogP contribution is -2.45. The van der Waals surface area contributed by atoms with Crippen LogP contribution in [0, 0.1) is 23.2 Å². The fourth-order valence-electron chi connectivity index (χ4n) is 6.06. The zero-order valence-corrected chi connectivity index (χ0v) is 12.2. The Morgan fingerprint density at radius 1 is 0.895 bits per heavy atom. The van der Waals surface area contributed by atoms with Crippen molar-refractivity contribution in [2.75, 3.05) is 6.54 Å². The van der Waals surface area contributed by atoms with E-state index in [4.69, 9.17) is 0 Å². The van der Waals surface area contributed by atoms with Crippen molar-refractivity contribution in [3.8, 4) is 0 Å². The topological polar surface area (TPSA) is 12.0 Å². The molecule has 5 aliphatic carbocycles. The molecule has 0 radical (unpaired) electrons. The maximum absolute atomic E-state index is 3.73. The Balaban J connectivity index is 1.34. The van der Waals surface area contributed by atoms with Crippen LogP contribution in [-0.2, 0) is 0 Å². The molecule has 0 amide bonds. The number of nitrogens with one attached hydrogen (secondary N) is 1. The third-order valence-corrected chi connectivity index (χ3v) is 6.44. The molecule has 106 valence electrons. The molecule has 1 N–H and O–H groups in total. The van der Waals surface area contributed by atoms with Gasteiger partial charge >= 0.3 is 0 Å². The fourth-order valence-corrected chi connectivity index (χ4v) is 6.06. The van der Waals surface area contributed by atoms with Gasteiger partial charge in [0.1, 0.15) is 0 Å². The van der Waals surface area contributed by atoms with Gasteiger partial charge in [-0.3, -0.25) is 0 Å². The summed E-state index contributed by atoms with van der Waals surface area (Å²) < 4.78 is 0. The van der Waals surface area contributed by atoms with Crippen molar-refractivity contribution in [2.24, 2.45) is 23.2 Å². The second kappa shape index (κ2) is 4.91. The molecule has 1 heteroatoms. The molecule has 5 rings (SSSR count). The van der Waals surface area contributed by atoms with Crippen LogP contribution in [-0.4, -0.2) is 12.6 Å². The maximum Gasteiger partial charge on any atom is 0.0137 e. The summed E-state index contributed by atoms with van der Waals surface area (Å²) in [7, 11) is 0. The molecular formula is C18H29N. The number of allylic oxidation sites excluding steroid dienone is 1. The SMILES string of the molecule is C(=C\C12CC3CC(CC(C3)C1)C2)/CNC1CCCC1. The van der Waals surface area contributed by atoms with E-state index in [9.17, 15) is 0 Å². The first-order valence-electron chi connectivity index (χ1n) is 8.72. The predicted molar refractivity (Wildman–Crippen MR) is 80.0 cm³/mol. The number of hydrogen-bond acceptors (Lipinski definition) is 1. The Hall–Kier alpha value is -0.300. The van der Waals surface area contributed by atoms with Gasteiger partial charge in [0.05, 0.1) is 0 Å². The van der Waals surface area contributed by atoms with Crippen LogP contribution in [0.25, 0.3) is 0 Å². The lowest BCUT2D eigenvalue weighted by molar-refractivity contribution is -0.0238. The first-order valence-corrected chi connectivity index (χ1v) is 8.72. The van der Waals surface area contributed by atoms with Crippen LogP contribution in [0.4, 0.5) is 0 Å². The van der Waals surface area contributed by atoms with E-state index in [1.165, 1.54) is 44.9 Å². The van der Waals surface area contributed by atoms with Crippen LogP contribution in [0.5, 0.6) is 0 Å². The monoisotopic (exact) mass is 259 g/mol. The van der Waals surface area contributed by atoms with Crippen LogP contribution in [0.3, 0.4) is 0 Å². The van der Waals surface area contributed by atoms with Gasteiger partial charge in [0.2, 0.25) is 0 Å². The third-order valence-electron chi connectivity index (χ3n) is 6.44. The van der Waals surface area contributed by atoms with E-state index in [2.05, 4.69) is 17.5 Å². The summed E-state index contributed by atoms with van der Waals surface area (Å²) in [5.74, 6) is 3.25. The Morgan fingerprint density at radius 3 is 2.05 bits per heavy atom. The number of rotatable bonds is 4. The molecule has 4 bridgehead atoms. The molecular weight excluding hydrogens is 230 g/mol. The van der Waals surface area contributed by atoms with Crippen LogP contribution in [0.1, 0.15) is 64.2 Å². The van der Waals surface area contributed by atoms with Crippen molar-refractivity contribution < 1.29 is 0 Å². The van der Waals surface area contributed by atoms with Crippen molar-refractivity contribution in [1.82, 2.24) is 5.32 Å². The van der Waals surface area contributed by atoms with Gasteiger partial charge in [-0.2, -0.15) is 0 Å². The minimum atomic E-state index is 0.631. The molecule has 0 aromatic heterocycles. The molecule has 5 fully saturated rings. The van der Waals surface area contributed by atoms with Crippen LogP contribution >= 0.6 is 0 Å². The van der Waals surface area contributed by atoms with Crippen LogP contribution in [0.15, 0.2) is 12.2 Å². The average Bonchev–Trinajstić information content (AvgIpc) is 2.86. The second-order valence-corrected chi connectivity index (χ2v) is 8.07. The average molecular weight is 259 g/mol. The minimum Gasteiger partial charge on any atom is -0.311 e. The van der Waals surface area contributed by atoms with Gasteiger partial charge in [-0.25, -0.2) is 0 Å². The van der Waals surface area contributed by atoms with Gasteiger partial charge in [0.25, 0.3) is 0 Å². The summed E-state index contributed by atoms with van der Waals surface area (Å²) in [6.45, 7) is 1.12. The summed E-state index contributed by atoms with van der Waals surface area (Å²) in [6, 6.07) is 0.820. The van der Waals surface area contributed by atoms with E-state index < -0.39 is 0 Å². The first-order chi connectivity index (χ1) is 9.31. The lowest BCUT2D eigenvalue weighted by Gasteiger charge is -2.56. The van der Waals surface area contributed by atoms with E-state index in [1.54, 1.807) is 19.3 Å². The first kappa shape index (κ1) is 12.4. The molecule has 0 heterocycles. The summed E-state index contributed by atoms with van der Waals surface area (Å²) in [5, 5.41) is 3.73. The summed E-state index contributed by atoms with van der Waals surface area (Å²) in [5.41, 5.74) is 0.631. The predicted octanol–water partition coefficient (Wildman–Crippen LogP) is 4.29. The summed E-state index contributed by atoms with van der Waals surface area (Å²) in [4.78, 5) is 0. The quantitative estimate of drug-likeness (QED) is 0.743. The highest BCUT2D eigenvalue weighted by atomic mass is 14.9. The third kappa shape index (κ3) is 2.51.